The molecule has 2 aromatic rings. The summed E-state index contributed by atoms with van der Waals surface area (Å²) in [6.07, 6.45) is -1.59. The number of hydrogen-bond acceptors (Lipinski definition) is 9. The Kier molecular flexibility index (Phi) is 10.3. The lowest BCUT2D eigenvalue weighted by atomic mass is 10.1. The Morgan fingerprint density at radius 3 is 1.78 bits per heavy atom. The van der Waals surface area contributed by atoms with Crippen LogP contribution in [0.5, 0.6) is 17.2 Å². The van der Waals surface area contributed by atoms with Gasteiger partial charge in [0, 0.05) is 28.0 Å². The van der Waals surface area contributed by atoms with Crippen LogP contribution in [0.4, 0.5) is 9.59 Å². The summed E-state index contributed by atoms with van der Waals surface area (Å²) in [4.78, 5) is 47.4. The van der Waals surface area contributed by atoms with Crippen LogP contribution in [0.2, 0.25) is 0 Å². The second-order valence-corrected chi connectivity index (χ2v) is 7.42. The van der Waals surface area contributed by atoms with Gasteiger partial charge in [0.2, 0.25) is 0 Å². The first-order chi connectivity index (χ1) is 17.1. The zero-order valence-electron chi connectivity index (χ0n) is 20.3. The number of rotatable bonds is 11. The van der Waals surface area contributed by atoms with Crippen molar-refractivity contribution in [3.8, 4) is 17.2 Å². The number of carbonyl (C=O) groups excluding carboxylic acids is 4. The number of nitrogens with one attached hydrogen (secondary N) is 2. The van der Waals surface area contributed by atoms with E-state index < -0.39 is 24.1 Å². The largest absolute Gasteiger partial charge is 0.493 e. The van der Waals surface area contributed by atoms with E-state index in [9.17, 15) is 19.2 Å². The molecule has 2 aromatic carbocycles. The van der Waals surface area contributed by atoms with Crippen LogP contribution in [0, 0.1) is 0 Å². The smallest absolute Gasteiger partial charge is 0.412 e. The molecule has 0 saturated carbocycles. The fourth-order valence-corrected chi connectivity index (χ4v) is 2.74. The van der Waals surface area contributed by atoms with Crippen LogP contribution in [-0.4, -0.2) is 57.5 Å². The number of ether oxygens (including phenoxy) is 5. The monoisotopic (exact) mass is 500 g/mol. The highest BCUT2D eigenvalue weighted by Crippen LogP contribution is 2.41. The summed E-state index contributed by atoms with van der Waals surface area (Å²) in [5.41, 5.74) is 0.495. The third-order valence-corrected chi connectivity index (χ3v) is 4.45. The highest BCUT2D eigenvalue weighted by Gasteiger charge is 2.19. The van der Waals surface area contributed by atoms with Gasteiger partial charge in [-0.1, -0.05) is 37.4 Å². The van der Waals surface area contributed by atoms with Crippen molar-refractivity contribution in [1.29, 1.82) is 0 Å². The minimum Gasteiger partial charge on any atom is -0.493 e. The fraction of sp³-hybridized carbons (Fsp3) is 0.280. The Morgan fingerprint density at radius 2 is 1.28 bits per heavy atom. The Morgan fingerprint density at radius 1 is 0.778 bits per heavy atom. The van der Waals surface area contributed by atoms with E-state index in [1.165, 1.54) is 27.0 Å². The summed E-state index contributed by atoms with van der Waals surface area (Å²) in [5.74, 6) is -0.739. The Labute approximate surface area is 208 Å². The Balaban J connectivity index is 2.08. The molecule has 192 valence electrons. The van der Waals surface area contributed by atoms with Crippen molar-refractivity contribution >= 4 is 34.9 Å². The zero-order chi connectivity index (χ0) is 26.7. The average Bonchev–Trinajstić information content (AvgIpc) is 2.85. The van der Waals surface area contributed by atoms with E-state index in [-0.39, 0.29) is 54.7 Å². The number of carbonyl (C=O) groups is 4. The molecule has 0 heterocycles. The maximum Gasteiger partial charge on any atom is 0.412 e. The number of benzene rings is 2. The van der Waals surface area contributed by atoms with E-state index in [0.29, 0.717) is 10.8 Å². The van der Waals surface area contributed by atoms with E-state index in [2.05, 4.69) is 23.8 Å². The summed E-state index contributed by atoms with van der Waals surface area (Å²) in [5, 5.41) is 5.86. The van der Waals surface area contributed by atoms with Crippen molar-refractivity contribution in [2.24, 2.45) is 0 Å². The van der Waals surface area contributed by atoms with E-state index in [4.69, 9.17) is 23.7 Å². The second-order valence-electron chi connectivity index (χ2n) is 7.42. The van der Waals surface area contributed by atoms with Crippen LogP contribution in [0.1, 0.15) is 13.8 Å². The number of fused-ring (bicyclic) bond motifs is 1. The molecule has 11 heteroatoms. The summed E-state index contributed by atoms with van der Waals surface area (Å²) < 4.78 is 26.0. The molecule has 0 aromatic heterocycles. The number of methoxy groups -OCH3 is 1. The van der Waals surface area contributed by atoms with Crippen molar-refractivity contribution in [2.45, 2.75) is 13.8 Å². The molecular formula is C25H28N2O9. The van der Waals surface area contributed by atoms with Gasteiger partial charge in [-0.05, 0) is 13.8 Å². The molecule has 0 fully saturated rings. The quantitative estimate of drug-likeness (QED) is 0.270. The highest BCUT2D eigenvalue weighted by molar-refractivity contribution is 5.98. The molecule has 36 heavy (non-hydrogen) atoms. The van der Waals surface area contributed by atoms with E-state index in [0.717, 1.165) is 0 Å². The number of hydrogen-bond donors (Lipinski definition) is 2. The molecule has 0 aliphatic heterocycles. The molecular weight excluding hydrogens is 472 g/mol. The molecule has 2 N–H and O–H groups in total. The summed E-state index contributed by atoms with van der Waals surface area (Å²) >= 11 is 0. The van der Waals surface area contributed by atoms with Gasteiger partial charge in [0.15, 0.2) is 11.5 Å². The van der Waals surface area contributed by atoms with Crippen LogP contribution in [0.25, 0.3) is 10.8 Å². The van der Waals surface area contributed by atoms with Crippen molar-refractivity contribution in [1.82, 2.24) is 10.6 Å². The molecule has 0 bridgehead atoms. The van der Waals surface area contributed by atoms with Crippen LogP contribution in [-0.2, 0) is 19.1 Å². The zero-order valence-corrected chi connectivity index (χ0v) is 20.3. The van der Waals surface area contributed by atoms with Crippen LogP contribution in [0.3, 0.4) is 0 Å². The highest BCUT2D eigenvalue weighted by atomic mass is 16.6. The lowest BCUT2D eigenvalue weighted by Crippen LogP contribution is -2.31. The van der Waals surface area contributed by atoms with Gasteiger partial charge in [0.05, 0.1) is 20.2 Å². The lowest BCUT2D eigenvalue weighted by Gasteiger charge is -2.16. The summed E-state index contributed by atoms with van der Waals surface area (Å²) in [6.45, 7) is 9.89. The third kappa shape index (κ3) is 8.05. The Hall–Kier alpha value is -4.54. The molecule has 0 spiro atoms. The molecule has 0 saturated heterocycles. The van der Waals surface area contributed by atoms with E-state index >= 15 is 0 Å². The van der Waals surface area contributed by atoms with Crippen molar-refractivity contribution in [3.63, 3.8) is 0 Å². The minimum absolute atomic E-state index is 0.0150. The number of amides is 2. The molecule has 0 atom stereocenters. The standard InChI is InChI=1S/C25H28N2O9/c1-15(2)22(28)33-12-10-26-24(30)35-19-14-20(32-5)21(18-9-7-6-8-17(18)19)36-25(31)27-11-13-34-23(29)16(3)4/h6-9,14H,1,3,10-13H2,2,4-5H3,(H,26,30)(H,27,31). The predicted octanol–water partition coefficient (Wildman–Crippen LogP) is 3.26. The minimum atomic E-state index is -0.805. The fourth-order valence-electron chi connectivity index (χ4n) is 2.74. The SMILES string of the molecule is C=C(C)C(=O)OCCNC(=O)Oc1cc(OC)c(OC(=O)NCCOC(=O)C(=C)C)c2ccccc12. The maximum atomic E-state index is 12.3. The third-order valence-electron chi connectivity index (χ3n) is 4.45. The molecule has 2 amide bonds. The van der Waals surface area contributed by atoms with Crippen LogP contribution in [0.15, 0.2) is 54.6 Å². The van der Waals surface area contributed by atoms with Gasteiger partial charge in [-0.2, -0.15) is 0 Å². The molecule has 0 unspecified atom stereocenters. The van der Waals surface area contributed by atoms with Gasteiger partial charge < -0.3 is 34.3 Å². The first-order valence-electron chi connectivity index (χ1n) is 10.8. The van der Waals surface area contributed by atoms with Crippen molar-refractivity contribution in [2.75, 3.05) is 33.4 Å². The van der Waals surface area contributed by atoms with Crippen LogP contribution < -0.4 is 24.8 Å². The van der Waals surface area contributed by atoms with Gasteiger partial charge in [-0.25, -0.2) is 19.2 Å². The number of esters is 2. The van der Waals surface area contributed by atoms with E-state index in [1.54, 1.807) is 24.3 Å². The van der Waals surface area contributed by atoms with Gasteiger partial charge >= 0.3 is 24.1 Å². The second kappa shape index (κ2) is 13.4. The average molecular weight is 501 g/mol. The summed E-state index contributed by atoms with van der Waals surface area (Å²) in [7, 11) is 1.37. The molecule has 2 rings (SSSR count). The predicted molar refractivity (Wildman–Crippen MR) is 130 cm³/mol. The lowest BCUT2D eigenvalue weighted by molar-refractivity contribution is -0.139. The maximum absolute atomic E-state index is 12.3. The molecule has 0 radical (unpaired) electrons. The normalized spacial score (nSPS) is 10.1. The van der Waals surface area contributed by atoms with Gasteiger partial charge in [0.1, 0.15) is 19.0 Å². The van der Waals surface area contributed by atoms with Gasteiger partial charge in [0.25, 0.3) is 0 Å². The molecule has 0 aliphatic carbocycles. The summed E-state index contributed by atoms with van der Waals surface area (Å²) in [6, 6.07) is 8.17. The van der Waals surface area contributed by atoms with Gasteiger partial charge in [-0.3, -0.25) is 0 Å². The molecule has 0 aliphatic rings. The topological polar surface area (TPSA) is 138 Å². The Bertz CT molecular complexity index is 1170. The molecule has 11 nitrogen and oxygen atoms in total. The van der Waals surface area contributed by atoms with Gasteiger partial charge in [-0.15, -0.1) is 0 Å². The van der Waals surface area contributed by atoms with Crippen LogP contribution >= 0.6 is 0 Å². The van der Waals surface area contributed by atoms with Crippen molar-refractivity contribution < 1.29 is 42.9 Å². The van der Waals surface area contributed by atoms with E-state index in [1.807, 2.05) is 0 Å². The first-order valence-corrected chi connectivity index (χ1v) is 10.8. The van der Waals surface area contributed by atoms with Crippen molar-refractivity contribution in [3.05, 3.63) is 54.6 Å². The first kappa shape index (κ1) is 27.7.